The number of methoxy groups -OCH3 is 1. The van der Waals surface area contributed by atoms with Crippen LogP contribution in [0.2, 0.25) is 0 Å². The number of piperidine rings is 2. The second-order valence-corrected chi connectivity index (χ2v) is 9.81. The average Bonchev–Trinajstić information content (AvgIpc) is 2.93. The predicted molar refractivity (Wildman–Crippen MR) is 150 cm³/mol. The Kier molecular flexibility index (Phi) is 10.8. The van der Waals surface area contributed by atoms with E-state index in [-0.39, 0.29) is 30.8 Å². The number of nitro groups is 1. The molecule has 2 aliphatic rings. The van der Waals surface area contributed by atoms with Crippen molar-refractivity contribution in [1.82, 2.24) is 9.80 Å². The summed E-state index contributed by atoms with van der Waals surface area (Å²) in [6.07, 6.45) is 4.49. The third-order valence-corrected chi connectivity index (χ3v) is 7.49. The van der Waals surface area contributed by atoms with Crippen molar-refractivity contribution in [3.8, 4) is 11.5 Å². The number of carbonyl (C=O) groups is 1. The monoisotopic (exact) mass is 526 g/mol. The highest BCUT2D eigenvalue weighted by Gasteiger charge is 2.25. The molecule has 208 valence electrons. The highest BCUT2D eigenvalue weighted by atomic mass is 16.6. The summed E-state index contributed by atoms with van der Waals surface area (Å²) in [5, 5.41) is 14.7. The van der Waals surface area contributed by atoms with Crippen LogP contribution in [0, 0.1) is 10.1 Å². The fraction of sp³-hybridized carbons (Fsp3) is 0.552. The van der Waals surface area contributed by atoms with Gasteiger partial charge < -0.3 is 24.6 Å². The van der Waals surface area contributed by atoms with Crippen molar-refractivity contribution in [3.05, 3.63) is 58.1 Å². The van der Waals surface area contributed by atoms with Crippen LogP contribution in [-0.2, 0) is 4.79 Å². The van der Waals surface area contributed by atoms with E-state index in [9.17, 15) is 14.9 Å². The van der Waals surface area contributed by atoms with Crippen molar-refractivity contribution in [2.75, 3.05) is 51.8 Å². The van der Waals surface area contributed by atoms with Crippen LogP contribution in [0.25, 0.3) is 0 Å². The maximum absolute atomic E-state index is 12.9. The third-order valence-electron chi connectivity index (χ3n) is 7.49. The van der Waals surface area contributed by atoms with Crippen LogP contribution >= 0.6 is 0 Å². The molecule has 2 fully saturated rings. The number of amides is 1. The number of ether oxygens (including phenoxy) is 2. The fourth-order valence-corrected chi connectivity index (χ4v) is 5.31. The zero-order valence-corrected chi connectivity index (χ0v) is 21.9. The Balaban J connectivity index is 0.00000400. The normalized spacial score (nSPS) is 16.9. The zero-order valence-electron chi connectivity index (χ0n) is 21.9. The Hall–Kier alpha value is -3.33. The van der Waals surface area contributed by atoms with Gasteiger partial charge in [0.05, 0.1) is 18.6 Å². The number of carbonyl (C=O) groups excluding carboxylic acids is 1. The first-order chi connectivity index (χ1) is 18.0. The van der Waals surface area contributed by atoms with Gasteiger partial charge in [0.15, 0.2) is 5.75 Å². The summed E-state index contributed by atoms with van der Waals surface area (Å²) in [4.78, 5) is 28.0. The molecule has 2 saturated heterocycles. The van der Waals surface area contributed by atoms with Crippen molar-refractivity contribution >= 4 is 17.3 Å². The lowest BCUT2D eigenvalue weighted by Gasteiger charge is -2.35. The van der Waals surface area contributed by atoms with Gasteiger partial charge in [-0.05, 0) is 75.4 Å². The third kappa shape index (κ3) is 7.60. The first kappa shape index (κ1) is 29.2. The van der Waals surface area contributed by atoms with Gasteiger partial charge in [-0.2, -0.15) is 0 Å². The van der Waals surface area contributed by atoms with Crippen LogP contribution in [0.15, 0.2) is 42.5 Å². The summed E-state index contributed by atoms with van der Waals surface area (Å²) in [6.45, 7) is 6.48. The topological polar surface area (TPSA) is 97.2 Å². The number of anilines is 1. The molecule has 2 aromatic rings. The van der Waals surface area contributed by atoms with E-state index in [1.165, 1.54) is 11.6 Å². The van der Waals surface area contributed by atoms with Crippen molar-refractivity contribution in [2.24, 2.45) is 0 Å². The summed E-state index contributed by atoms with van der Waals surface area (Å²) >= 11 is 0. The van der Waals surface area contributed by atoms with E-state index in [4.69, 9.17) is 9.47 Å². The highest BCUT2D eigenvalue weighted by molar-refractivity contribution is 5.76. The number of nitrogens with one attached hydrogen (secondary N) is 1. The number of hydrogen-bond acceptors (Lipinski definition) is 7. The molecule has 0 unspecified atom stereocenters. The van der Waals surface area contributed by atoms with E-state index in [0.29, 0.717) is 18.9 Å². The minimum atomic E-state index is -0.429. The lowest BCUT2D eigenvalue weighted by Crippen LogP contribution is -2.43. The number of rotatable bonds is 10. The molecular weight excluding hydrogens is 484 g/mol. The Morgan fingerprint density at radius 3 is 2.34 bits per heavy atom. The lowest BCUT2D eigenvalue weighted by molar-refractivity contribution is -0.385. The summed E-state index contributed by atoms with van der Waals surface area (Å²) in [6, 6.07) is 13.5. The van der Waals surface area contributed by atoms with E-state index in [2.05, 4.69) is 22.3 Å². The van der Waals surface area contributed by atoms with E-state index in [1.54, 1.807) is 26.2 Å². The molecule has 38 heavy (non-hydrogen) atoms. The first-order valence-corrected chi connectivity index (χ1v) is 13.3. The molecule has 1 N–H and O–H groups in total. The first-order valence-electron chi connectivity index (χ1n) is 13.3. The minimum absolute atomic E-state index is 0. The molecule has 1 amide bonds. The zero-order chi connectivity index (χ0) is 26.2. The number of benzene rings is 2. The number of hydrogen-bond donors (Lipinski definition) is 1. The molecule has 0 bridgehead atoms. The maximum atomic E-state index is 12.9. The Morgan fingerprint density at radius 1 is 1.05 bits per heavy atom. The van der Waals surface area contributed by atoms with Crippen molar-refractivity contribution < 1.29 is 19.2 Å². The second kappa shape index (κ2) is 14.0. The molecule has 2 heterocycles. The van der Waals surface area contributed by atoms with E-state index in [1.807, 2.05) is 17.0 Å². The van der Waals surface area contributed by atoms with Gasteiger partial charge in [-0.15, -0.1) is 0 Å². The maximum Gasteiger partial charge on any atom is 0.311 e. The lowest BCUT2D eigenvalue weighted by atomic mass is 9.89. The molecule has 9 nitrogen and oxygen atoms in total. The van der Waals surface area contributed by atoms with Crippen LogP contribution in [0.1, 0.15) is 57.9 Å². The van der Waals surface area contributed by atoms with E-state index < -0.39 is 4.92 Å². The summed E-state index contributed by atoms with van der Waals surface area (Å²) in [5.74, 6) is 1.97. The average molecular weight is 527 g/mol. The molecule has 2 aromatic carbocycles. The van der Waals surface area contributed by atoms with Crippen molar-refractivity contribution in [3.63, 3.8) is 0 Å². The Bertz CT molecular complexity index is 1050. The molecular formula is C29H42N4O5. The van der Waals surface area contributed by atoms with Crippen molar-refractivity contribution in [2.45, 2.75) is 58.4 Å². The molecule has 0 spiro atoms. The smallest absolute Gasteiger partial charge is 0.311 e. The minimum Gasteiger partial charge on any atom is -0.497 e. The standard InChI is InChI=1S/C28H38N4O5.CH4/c1-3-37-27-20-24(6-9-26(27)32(34)35)29-23-12-18-31(19-13-23)28(33)14-17-30-15-10-22(11-16-30)21-4-7-25(36-2)8-5-21;/h4-9,20,22-23,29H,3,10-19H2,1-2H3;1H4. The fourth-order valence-electron chi connectivity index (χ4n) is 5.31. The number of nitro benzene ring substituents is 1. The van der Waals surface area contributed by atoms with Crippen molar-refractivity contribution in [1.29, 1.82) is 0 Å². The molecule has 0 aromatic heterocycles. The van der Waals surface area contributed by atoms with Crippen LogP contribution in [0.3, 0.4) is 0 Å². The Labute approximate surface area is 226 Å². The summed E-state index contributed by atoms with van der Waals surface area (Å²) < 4.78 is 10.7. The molecule has 2 aliphatic heterocycles. The molecule has 0 saturated carbocycles. The van der Waals surface area contributed by atoms with Gasteiger partial charge in [0.2, 0.25) is 5.91 Å². The molecule has 9 heteroatoms. The van der Waals surface area contributed by atoms with Crippen LogP contribution in [0.5, 0.6) is 11.5 Å². The molecule has 0 radical (unpaired) electrons. The van der Waals surface area contributed by atoms with Crippen LogP contribution in [-0.4, -0.2) is 73.1 Å². The van der Waals surface area contributed by atoms with Gasteiger partial charge in [0.1, 0.15) is 5.75 Å². The largest absolute Gasteiger partial charge is 0.497 e. The second-order valence-electron chi connectivity index (χ2n) is 9.81. The highest BCUT2D eigenvalue weighted by Crippen LogP contribution is 2.31. The Morgan fingerprint density at radius 2 is 1.74 bits per heavy atom. The van der Waals surface area contributed by atoms with Gasteiger partial charge in [0, 0.05) is 49.9 Å². The molecule has 0 atom stereocenters. The quantitative estimate of drug-likeness (QED) is 0.331. The molecule has 0 aliphatic carbocycles. The van der Waals surface area contributed by atoms with Gasteiger partial charge in [-0.1, -0.05) is 19.6 Å². The van der Waals surface area contributed by atoms with E-state index in [0.717, 1.165) is 69.8 Å². The van der Waals surface area contributed by atoms with Gasteiger partial charge in [-0.25, -0.2) is 0 Å². The predicted octanol–water partition coefficient (Wildman–Crippen LogP) is 5.31. The van der Waals surface area contributed by atoms with Gasteiger partial charge in [-0.3, -0.25) is 14.9 Å². The van der Waals surface area contributed by atoms with Gasteiger partial charge >= 0.3 is 5.69 Å². The SMILES string of the molecule is C.CCOc1cc(NC2CCN(C(=O)CCN3CCC(c4ccc(OC)cc4)CC3)CC2)ccc1[N+](=O)[O-]. The number of likely N-dealkylation sites (tertiary alicyclic amines) is 2. The van der Waals surface area contributed by atoms with Gasteiger partial charge in [0.25, 0.3) is 0 Å². The van der Waals surface area contributed by atoms with Crippen LogP contribution < -0.4 is 14.8 Å². The van der Waals surface area contributed by atoms with E-state index >= 15 is 0 Å². The number of nitrogens with zero attached hydrogens (tertiary/aromatic N) is 3. The van der Waals surface area contributed by atoms with Crippen LogP contribution in [0.4, 0.5) is 11.4 Å². The summed E-state index contributed by atoms with van der Waals surface area (Å²) in [7, 11) is 1.69. The summed E-state index contributed by atoms with van der Waals surface area (Å²) in [5.41, 5.74) is 2.14. The molecule has 4 rings (SSSR count).